The van der Waals surface area contributed by atoms with Crippen molar-refractivity contribution >= 4 is 27.5 Å². The van der Waals surface area contributed by atoms with Crippen molar-refractivity contribution in [2.45, 2.75) is 19.3 Å². The van der Waals surface area contributed by atoms with Crippen molar-refractivity contribution in [1.29, 1.82) is 0 Å². The van der Waals surface area contributed by atoms with Gasteiger partial charge in [0.1, 0.15) is 5.75 Å². The summed E-state index contributed by atoms with van der Waals surface area (Å²) in [5, 5.41) is 0. The Morgan fingerprint density at radius 3 is 2.72 bits per heavy atom. The number of ether oxygens (including phenoxy) is 2. The molecule has 0 radical (unpaired) electrons. The number of rotatable bonds is 4. The van der Waals surface area contributed by atoms with Crippen LogP contribution in [0.25, 0.3) is 0 Å². The van der Waals surface area contributed by atoms with E-state index in [2.05, 4.69) is 22.0 Å². The summed E-state index contributed by atoms with van der Waals surface area (Å²) in [5.74, 6) is 1.61. The van der Waals surface area contributed by atoms with E-state index in [4.69, 9.17) is 21.1 Å². The summed E-state index contributed by atoms with van der Waals surface area (Å²) in [6.45, 7) is 1.62. The zero-order valence-corrected chi connectivity index (χ0v) is 12.9. The Hall–Kier alpha value is -0.250. The fraction of sp³-hybridized carbons (Fsp3) is 0.571. The molecule has 0 atom stereocenters. The zero-order chi connectivity index (χ0) is 13.0. The maximum Gasteiger partial charge on any atom is 0.122 e. The highest BCUT2D eigenvalue weighted by atomic mass is 79.9. The summed E-state index contributed by atoms with van der Waals surface area (Å²) < 4.78 is 12.0. The average Bonchev–Trinajstić information content (AvgIpc) is 2.40. The Balaban J connectivity index is 2.23. The lowest BCUT2D eigenvalue weighted by molar-refractivity contribution is 0.0255. The van der Waals surface area contributed by atoms with E-state index in [0.29, 0.717) is 5.88 Å². The lowest BCUT2D eigenvalue weighted by atomic mass is 9.77. The Bertz CT molecular complexity index is 403. The maximum absolute atomic E-state index is 6.21. The van der Waals surface area contributed by atoms with Crippen molar-refractivity contribution < 1.29 is 9.47 Å². The smallest absolute Gasteiger partial charge is 0.122 e. The molecular formula is C14H18BrClO2. The minimum atomic E-state index is 0.147. The van der Waals surface area contributed by atoms with Gasteiger partial charge in [-0.25, -0.2) is 0 Å². The SMILES string of the molecule is COc1ccc(Br)cc1CC1(CCl)CCOCC1. The van der Waals surface area contributed by atoms with Crippen molar-refractivity contribution in [3.8, 4) is 5.75 Å². The lowest BCUT2D eigenvalue weighted by Gasteiger charge is -2.36. The van der Waals surface area contributed by atoms with Crippen LogP contribution in [0.5, 0.6) is 5.75 Å². The van der Waals surface area contributed by atoms with Crippen molar-refractivity contribution in [3.05, 3.63) is 28.2 Å². The molecule has 1 fully saturated rings. The van der Waals surface area contributed by atoms with Gasteiger partial charge in [0.2, 0.25) is 0 Å². The summed E-state index contributed by atoms with van der Waals surface area (Å²) in [6, 6.07) is 6.13. The molecule has 0 unspecified atom stereocenters. The molecule has 4 heteroatoms. The van der Waals surface area contributed by atoms with Crippen molar-refractivity contribution in [3.63, 3.8) is 0 Å². The largest absolute Gasteiger partial charge is 0.496 e. The summed E-state index contributed by atoms with van der Waals surface area (Å²) in [4.78, 5) is 0. The van der Waals surface area contributed by atoms with Gasteiger partial charge in [-0.05, 0) is 48.4 Å². The van der Waals surface area contributed by atoms with Crippen LogP contribution in [0.2, 0.25) is 0 Å². The fourth-order valence-corrected chi connectivity index (χ4v) is 3.22. The van der Waals surface area contributed by atoms with Crippen molar-refractivity contribution in [1.82, 2.24) is 0 Å². The number of hydrogen-bond acceptors (Lipinski definition) is 2. The summed E-state index contributed by atoms with van der Waals surface area (Å²) in [7, 11) is 1.71. The minimum Gasteiger partial charge on any atom is -0.496 e. The monoisotopic (exact) mass is 332 g/mol. The molecule has 1 aliphatic heterocycles. The van der Waals surface area contributed by atoms with Gasteiger partial charge in [-0.1, -0.05) is 15.9 Å². The van der Waals surface area contributed by atoms with Crippen molar-refractivity contribution in [2.75, 3.05) is 26.2 Å². The number of benzene rings is 1. The first-order chi connectivity index (χ1) is 8.69. The van der Waals surface area contributed by atoms with Crippen LogP contribution in [-0.4, -0.2) is 26.2 Å². The molecule has 1 saturated heterocycles. The third kappa shape index (κ3) is 3.19. The third-order valence-corrected chi connectivity index (χ3v) is 4.71. The predicted molar refractivity (Wildman–Crippen MR) is 77.6 cm³/mol. The van der Waals surface area contributed by atoms with E-state index in [1.165, 1.54) is 5.56 Å². The Kier molecular flexibility index (Phi) is 4.93. The van der Waals surface area contributed by atoms with E-state index in [1.54, 1.807) is 7.11 Å². The highest BCUT2D eigenvalue weighted by molar-refractivity contribution is 9.10. The molecule has 1 aromatic carbocycles. The Morgan fingerprint density at radius 2 is 2.11 bits per heavy atom. The van der Waals surface area contributed by atoms with E-state index >= 15 is 0 Å². The molecule has 0 spiro atoms. The highest BCUT2D eigenvalue weighted by Crippen LogP contribution is 2.38. The molecule has 1 aliphatic rings. The quantitative estimate of drug-likeness (QED) is 0.774. The van der Waals surface area contributed by atoms with Crippen LogP contribution < -0.4 is 4.74 Å². The molecule has 0 N–H and O–H groups in total. The first kappa shape index (κ1) is 14.2. The molecule has 100 valence electrons. The maximum atomic E-state index is 6.21. The van der Waals surface area contributed by atoms with Crippen LogP contribution in [0.4, 0.5) is 0 Å². The summed E-state index contributed by atoms with van der Waals surface area (Å²) in [6.07, 6.45) is 2.99. The van der Waals surface area contributed by atoms with Crippen LogP contribution in [-0.2, 0) is 11.2 Å². The number of alkyl halides is 1. The number of methoxy groups -OCH3 is 1. The molecule has 2 nitrogen and oxygen atoms in total. The van der Waals surface area contributed by atoms with E-state index in [1.807, 2.05) is 12.1 Å². The van der Waals surface area contributed by atoms with Crippen LogP contribution in [0.3, 0.4) is 0 Å². The van der Waals surface area contributed by atoms with Gasteiger partial charge in [0, 0.05) is 23.6 Å². The average molecular weight is 334 g/mol. The predicted octanol–water partition coefficient (Wildman–Crippen LogP) is 4.04. The summed E-state index contributed by atoms with van der Waals surface area (Å²) in [5.41, 5.74) is 1.36. The molecule has 0 aromatic heterocycles. The van der Waals surface area contributed by atoms with Gasteiger partial charge in [0.05, 0.1) is 7.11 Å². The van der Waals surface area contributed by atoms with Crippen LogP contribution in [0, 0.1) is 5.41 Å². The second kappa shape index (κ2) is 6.27. The normalized spacial score (nSPS) is 18.6. The second-order valence-electron chi connectivity index (χ2n) is 4.88. The molecule has 1 aromatic rings. The number of hydrogen-bond donors (Lipinski definition) is 0. The number of halogens is 2. The van der Waals surface area contributed by atoms with Gasteiger partial charge in [-0.15, -0.1) is 11.6 Å². The summed E-state index contributed by atoms with van der Waals surface area (Å²) >= 11 is 9.73. The molecule has 18 heavy (non-hydrogen) atoms. The first-order valence-electron chi connectivity index (χ1n) is 6.15. The second-order valence-corrected chi connectivity index (χ2v) is 6.06. The van der Waals surface area contributed by atoms with E-state index < -0.39 is 0 Å². The third-order valence-electron chi connectivity index (χ3n) is 3.64. The molecular weight excluding hydrogens is 316 g/mol. The van der Waals surface area contributed by atoms with Gasteiger partial charge in [-0.3, -0.25) is 0 Å². The highest BCUT2D eigenvalue weighted by Gasteiger charge is 2.32. The zero-order valence-electron chi connectivity index (χ0n) is 10.5. The Morgan fingerprint density at radius 1 is 1.39 bits per heavy atom. The molecule has 0 saturated carbocycles. The fourth-order valence-electron chi connectivity index (χ4n) is 2.45. The van der Waals surface area contributed by atoms with E-state index in [0.717, 1.165) is 42.7 Å². The van der Waals surface area contributed by atoms with Crippen LogP contribution >= 0.6 is 27.5 Å². The van der Waals surface area contributed by atoms with Crippen LogP contribution in [0.15, 0.2) is 22.7 Å². The lowest BCUT2D eigenvalue weighted by Crippen LogP contribution is -2.33. The molecule has 2 rings (SSSR count). The van der Waals surface area contributed by atoms with E-state index in [-0.39, 0.29) is 5.41 Å². The van der Waals surface area contributed by atoms with Gasteiger partial charge in [0.15, 0.2) is 0 Å². The first-order valence-corrected chi connectivity index (χ1v) is 7.48. The molecule has 0 aliphatic carbocycles. The molecule has 0 amide bonds. The standard InChI is InChI=1S/C14H18BrClO2/c1-17-13-3-2-12(15)8-11(13)9-14(10-16)4-6-18-7-5-14/h2-3,8H,4-7,9-10H2,1H3. The topological polar surface area (TPSA) is 18.5 Å². The van der Waals surface area contributed by atoms with Crippen LogP contribution in [0.1, 0.15) is 18.4 Å². The van der Waals surface area contributed by atoms with Crippen molar-refractivity contribution in [2.24, 2.45) is 5.41 Å². The Labute approximate surface area is 122 Å². The minimum absolute atomic E-state index is 0.147. The molecule has 1 heterocycles. The van der Waals surface area contributed by atoms with Gasteiger partial charge >= 0.3 is 0 Å². The van der Waals surface area contributed by atoms with E-state index in [9.17, 15) is 0 Å². The van der Waals surface area contributed by atoms with Gasteiger partial charge in [-0.2, -0.15) is 0 Å². The van der Waals surface area contributed by atoms with Gasteiger partial charge in [0.25, 0.3) is 0 Å². The van der Waals surface area contributed by atoms with Gasteiger partial charge < -0.3 is 9.47 Å². The molecule has 0 bridgehead atoms.